The summed E-state index contributed by atoms with van der Waals surface area (Å²) in [5.74, 6) is -0.0565. The summed E-state index contributed by atoms with van der Waals surface area (Å²) in [5.41, 5.74) is 4.77. The molecular weight excluding hydrogens is 424 g/mol. The summed E-state index contributed by atoms with van der Waals surface area (Å²) in [5, 5.41) is 6.00. The summed E-state index contributed by atoms with van der Waals surface area (Å²) in [6.45, 7) is 0.626. The molecule has 0 saturated carbocycles. The second-order valence-corrected chi connectivity index (χ2v) is 9.29. The first-order valence-corrected chi connectivity index (χ1v) is 11.9. The van der Waals surface area contributed by atoms with Gasteiger partial charge in [0.2, 0.25) is 0 Å². The van der Waals surface area contributed by atoms with Crippen molar-refractivity contribution < 1.29 is 4.79 Å². The zero-order valence-corrected chi connectivity index (χ0v) is 18.1. The van der Waals surface area contributed by atoms with Gasteiger partial charge in [-0.05, 0) is 41.6 Å². The highest BCUT2D eigenvalue weighted by Gasteiger charge is 2.36. The van der Waals surface area contributed by atoms with E-state index in [0.717, 1.165) is 33.2 Å². The molecule has 31 heavy (non-hydrogen) atoms. The smallest absolute Gasteiger partial charge is 0.274 e. The van der Waals surface area contributed by atoms with Gasteiger partial charge in [0, 0.05) is 34.7 Å². The van der Waals surface area contributed by atoms with Gasteiger partial charge in [-0.1, -0.05) is 30.3 Å². The molecule has 0 fully saturated rings. The lowest BCUT2D eigenvalue weighted by molar-refractivity contribution is 0.0683. The Morgan fingerprint density at radius 3 is 2.81 bits per heavy atom. The van der Waals surface area contributed by atoms with Crippen molar-refractivity contribution in [2.75, 3.05) is 6.54 Å². The quantitative estimate of drug-likeness (QED) is 0.399. The number of H-pyrrole nitrogens is 1. The number of benzene rings is 1. The van der Waals surface area contributed by atoms with Crippen LogP contribution in [0.5, 0.6) is 0 Å². The zero-order chi connectivity index (χ0) is 20.8. The molecule has 1 amide bonds. The maximum Gasteiger partial charge on any atom is 0.274 e. The van der Waals surface area contributed by atoms with Gasteiger partial charge in [-0.2, -0.15) is 0 Å². The van der Waals surface area contributed by atoms with E-state index < -0.39 is 0 Å². The number of fused-ring (bicyclic) bond motifs is 3. The third-order valence-corrected chi connectivity index (χ3v) is 7.60. The van der Waals surface area contributed by atoms with Crippen molar-refractivity contribution in [2.24, 2.45) is 0 Å². The molecule has 0 radical (unpaired) electrons. The number of hydrogen-bond acceptors (Lipinski definition) is 5. The minimum absolute atomic E-state index is 0.0565. The molecule has 0 saturated heterocycles. The molecule has 1 aromatic carbocycles. The summed E-state index contributed by atoms with van der Waals surface area (Å²) < 4.78 is 0. The Balaban J connectivity index is 1.44. The highest BCUT2D eigenvalue weighted by molar-refractivity contribution is 7.20. The molecule has 1 atom stereocenters. The van der Waals surface area contributed by atoms with Crippen molar-refractivity contribution in [1.29, 1.82) is 0 Å². The van der Waals surface area contributed by atoms with Crippen LogP contribution in [0.1, 0.15) is 33.5 Å². The first-order valence-electron chi connectivity index (χ1n) is 10.1. The zero-order valence-electron chi connectivity index (χ0n) is 16.5. The van der Waals surface area contributed by atoms with E-state index in [1.54, 1.807) is 17.5 Å². The number of thiophene rings is 1. The molecule has 0 aliphatic carbocycles. The number of rotatable bonds is 3. The van der Waals surface area contributed by atoms with E-state index in [0.29, 0.717) is 12.2 Å². The highest BCUT2D eigenvalue weighted by atomic mass is 32.1. The van der Waals surface area contributed by atoms with Crippen molar-refractivity contribution in [3.63, 3.8) is 0 Å². The van der Waals surface area contributed by atoms with Crippen molar-refractivity contribution in [2.45, 2.75) is 12.5 Å². The number of nitrogens with zero attached hydrogens (tertiary/aromatic N) is 3. The number of para-hydroxylation sites is 1. The van der Waals surface area contributed by atoms with Gasteiger partial charge in [-0.25, -0.2) is 4.98 Å². The molecule has 7 heteroatoms. The predicted octanol–water partition coefficient (Wildman–Crippen LogP) is 5.54. The van der Waals surface area contributed by atoms with Crippen LogP contribution >= 0.6 is 22.7 Å². The van der Waals surface area contributed by atoms with E-state index >= 15 is 0 Å². The van der Waals surface area contributed by atoms with Crippen molar-refractivity contribution >= 4 is 39.5 Å². The van der Waals surface area contributed by atoms with Crippen LogP contribution in [0, 0.1) is 0 Å². The molecule has 152 valence electrons. The minimum Gasteiger partial charge on any atom is -0.356 e. The Morgan fingerprint density at radius 2 is 1.97 bits per heavy atom. The molecule has 0 spiro atoms. The molecule has 1 aliphatic heterocycles. The van der Waals surface area contributed by atoms with Gasteiger partial charge in [-0.15, -0.1) is 22.7 Å². The van der Waals surface area contributed by atoms with Gasteiger partial charge in [0.05, 0.1) is 10.6 Å². The number of aromatic amines is 1. The van der Waals surface area contributed by atoms with Crippen LogP contribution in [-0.4, -0.2) is 32.3 Å². The van der Waals surface area contributed by atoms with Crippen LogP contribution in [-0.2, 0) is 6.42 Å². The fraction of sp³-hybridized carbons (Fsp3) is 0.125. The molecule has 5 heterocycles. The average Bonchev–Trinajstić information content (AvgIpc) is 3.57. The highest BCUT2D eigenvalue weighted by Crippen LogP contribution is 2.38. The lowest BCUT2D eigenvalue weighted by Crippen LogP contribution is -2.41. The van der Waals surface area contributed by atoms with Crippen molar-refractivity contribution in [3.8, 4) is 9.88 Å². The van der Waals surface area contributed by atoms with E-state index in [-0.39, 0.29) is 11.9 Å². The third kappa shape index (κ3) is 3.08. The lowest BCUT2D eigenvalue weighted by Gasteiger charge is -2.35. The van der Waals surface area contributed by atoms with Crippen molar-refractivity contribution in [1.82, 2.24) is 19.9 Å². The number of nitrogens with one attached hydrogen (secondary N) is 1. The summed E-state index contributed by atoms with van der Waals surface area (Å²) in [6, 6.07) is 18.0. The Kier molecular flexibility index (Phi) is 4.44. The van der Waals surface area contributed by atoms with Crippen LogP contribution in [0.15, 0.2) is 71.6 Å². The second-order valence-electron chi connectivity index (χ2n) is 7.48. The number of carbonyl (C=O) groups is 1. The summed E-state index contributed by atoms with van der Waals surface area (Å²) in [4.78, 5) is 29.5. The fourth-order valence-corrected chi connectivity index (χ4v) is 5.95. The molecule has 1 N–H and O–H groups in total. The first kappa shape index (κ1) is 18.5. The van der Waals surface area contributed by atoms with Gasteiger partial charge in [0.15, 0.2) is 0 Å². The maximum absolute atomic E-state index is 13.6. The Labute approximate surface area is 187 Å². The first-order chi connectivity index (χ1) is 15.3. The number of aromatic nitrogens is 3. The SMILES string of the molecule is O=C(c1csc(-c2cccs2)n1)N1CCc2c([nH]c3ccccc23)C1c1ccccn1. The molecule has 4 aromatic heterocycles. The molecule has 0 bridgehead atoms. The fourth-order valence-electron chi connectivity index (χ4n) is 4.34. The predicted molar refractivity (Wildman–Crippen MR) is 125 cm³/mol. The molecule has 5 aromatic rings. The monoisotopic (exact) mass is 442 g/mol. The van der Waals surface area contributed by atoms with E-state index in [2.05, 4.69) is 33.2 Å². The van der Waals surface area contributed by atoms with Gasteiger partial charge < -0.3 is 9.88 Å². The van der Waals surface area contributed by atoms with Crippen LogP contribution in [0.2, 0.25) is 0 Å². The summed E-state index contributed by atoms with van der Waals surface area (Å²) >= 11 is 3.15. The number of hydrogen-bond donors (Lipinski definition) is 1. The topological polar surface area (TPSA) is 61.9 Å². The van der Waals surface area contributed by atoms with Crippen LogP contribution in [0.4, 0.5) is 0 Å². The number of amides is 1. The van der Waals surface area contributed by atoms with Crippen LogP contribution < -0.4 is 0 Å². The summed E-state index contributed by atoms with van der Waals surface area (Å²) in [6.07, 6.45) is 2.59. The number of thiazole rings is 1. The van der Waals surface area contributed by atoms with Gasteiger partial charge in [0.25, 0.3) is 5.91 Å². The maximum atomic E-state index is 13.6. The van der Waals surface area contributed by atoms with Gasteiger partial charge >= 0.3 is 0 Å². The van der Waals surface area contributed by atoms with E-state index in [4.69, 9.17) is 0 Å². The largest absolute Gasteiger partial charge is 0.356 e. The molecule has 5 nitrogen and oxygen atoms in total. The normalized spacial score (nSPS) is 15.9. The number of pyridine rings is 1. The molecule has 6 rings (SSSR count). The van der Waals surface area contributed by atoms with E-state index in [9.17, 15) is 4.79 Å². The van der Waals surface area contributed by atoms with Crippen molar-refractivity contribution in [3.05, 3.63) is 94.2 Å². The van der Waals surface area contributed by atoms with Gasteiger partial charge in [0.1, 0.15) is 16.7 Å². The average molecular weight is 443 g/mol. The molecular formula is C24H18N4OS2. The van der Waals surface area contributed by atoms with Gasteiger partial charge in [-0.3, -0.25) is 9.78 Å². The Bertz CT molecular complexity index is 1370. The Hall–Kier alpha value is -3.29. The van der Waals surface area contributed by atoms with E-state index in [1.807, 2.05) is 52.1 Å². The van der Waals surface area contributed by atoms with Crippen LogP contribution in [0.25, 0.3) is 20.8 Å². The standard InChI is InChI=1S/C24H18N4OS2/c29-24(19-14-31-23(27-19)20-9-5-13-30-20)28-12-10-16-15-6-1-2-7-17(15)26-21(16)22(28)18-8-3-4-11-25-18/h1-9,11,13-14,22,26H,10,12H2. The van der Waals surface area contributed by atoms with E-state index in [1.165, 1.54) is 22.3 Å². The second kappa shape index (κ2) is 7.44. The number of carbonyl (C=O) groups excluding carboxylic acids is 1. The minimum atomic E-state index is -0.267. The third-order valence-electron chi connectivity index (χ3n) is 5.72. The molecule has 1 aliphatic rings. The molecule has 1 unspecified atom stereocenters. The van der Waals surface area contributed by atoms with Crippen LogP contribution in [0.3, 0.4) is 0 Å². The summed E-state index contributed by atoms with van der Waals surface area (Å²) in [7, 11) is 0. The lowest BCUT2D eigenvalue weighted by atomic mass is 9.94. The Morgan fingerprint density at radius 1 is 1.06 bits per heavy atom.